The fourth-order valence-corrected chi connectivity index (χ4v) is 4.22. The number of nitrogens with one attached hydrogen (secondary N) is 1. The Bertz CT molecular complexity index is 965. The van der Waals surface area contributed by atoms with Gasteiger partial charge in [-0.3, -0.25) is 9.69 Å². The van der Waals surface area contributed by atoms with Crippen molar-refractivity contribution in [2.75, 3.05) is 67.9 Å². The predicted molar refractivity (Wildman–Crippen MR) is 123 cm³/mol. The molecule has 2 aromatic rings. The van der Waals surface area contributed by atoms with Crippen LogP contribution in [0, 0.1) is 0 Å². The molecule has 1 atom stereocenters. The highest BCUT2D eigenvalue weighted by atomic mass is 16.7. The van der Waals surface area contributed by atoms with Crippen LogP contribution in [0.25, 0.3) is 0 Å². The first-order valence-electron chi connectivity index (χ1n) is 10.9. The van der Waals surface area contributed by atoms with Crippen LogP contribution < -0.4 is 29.0 Å². The van der Waals surface area contributed by atoms with E-state index in [1.165, 1.54) is 21.3 Å². The average Bonchev–Trinajstić information content (AvgIpc) is 3.32. The Morgan fingerprint density at radius 2 is 1.64 bits per heavy atom. The van der Waals surface area contributed by atoms with Crippen LogP contribution in [-0.4, -0.2) is 83.6 Å². The van der Waals surface area contributed by atoms with Crippen LogP contribution in [0.5, 0.6) is 28.7 Å². The number of rotatable bonds is 8. The van der Waals surface area contributed by atoms with Crippen molar-refractivity contribution in [3.05, 3.63) is 41.5 Å². The Morgan fingerprint density at radius 1 is 0.970 bits per heavy atom. The van der Waals surface area contributed by atoms with Crippen LogP contribution in [0.4, 0.5) is 0 Å². The minimum Gasteiger partial charge on any atom is -0.493 e. The minimum atomic E-state index is -0.214. The van der Waals surface area contributed by atoms with E-state index in [1.807, 2.05) is 18.2 Å². The third-order valence-electron chi connectivity index (χ3n) is 6.14. The van der Waals surface area contributed by atoms with Gasteiger partial charge in [0.2, 0.25) is 12.5 Å². The van der Waals surface area contributed by atoms with Crippen molar-refractivity contribution in [2.24, 2.45) is 0 Å². The van der Waals surface area contributed by atoms with Crippen LogP contribution in [0.15, 0.2) is 30.3 Å². The molecule has 1 fully saturated rings. The largest absolute Gasteiger partial charge is 0.493 e. The zero-order valence-electron chi connectivity index (χ0n) is 19.6. The Morgan fingerprint density at radius 3 is 2.27 bits per heavy atom. The Balaban J connectivity index is 1.55. The van der Waals surface area contributed by atoms with Gasteiger partial charge >= 0.3 is 0 Å². The van der Waals surface area contributed by atoms with Crippen molar-refractivity contribution in [3.63, 3.8) is 0 Å². The summed E-state index contributed by atoms with van der Waals surface area (Å²) in [7, 11) is 6.72. The molecule has 0 unspecified atom stereocenters. The molecule has 4 rings (SSSR count). The molecule has 9 heteroatoms. The van der Waals surface area contributed by atoms with E-state index in [0.29, 0.717) is 29.4 Å². The van der Waals surface area contributed by atoms with Gasteiger partial charge in [-0.15, -0.1) is 0 Å². The number of methoxy groups -OCH3 is 3. The molecule has 0 spiro atoms. The molecular weight excluding hydrogens is 426 g/mol. The standard InChI is InChI=1S/C24H31N3O6/c1-26-7-9-27(10-8-26)18(16-5-6-19-20(11-16)33-15-32-19)14-25-24(28)17-12-21(29-2)23(31-4)22(13-17)30-3/h5-6,11-13,18H,7-10,14-15H2,1-4H3,(H,25,28)/t18-/m1/s1. The van der Waals surface area contributed by atoms with E-state index in [0.717, 1.165) is 43.2 Å². The second-order valence-electron chi connectivity index (χ2n) is 8.09. The number of nitrogens with zero attached hydrogens (tertiary/aromatic N) is 2. The number of amides is 1. The molecule has 0 aromatic heterocycles. The molecule has 2 aliphatic rings. The maximum atomic E-state index is 13.1. The first-order chi connectivity index (χ1) is 16.0. The van der Waals surface area contributed by atoms with Crippen molar-refractivity contribution in [2.45, 2.75) is 6.04 Å². The monoisotopic (exact) mass is 457 g/mol. The van der Waals surface area contributed by atoms with E-state index in [-0.39, 0.29) is 18.7 Å². The van der Waals surface area contributed by atoms with Gasteiger partial charge in [0.1, 0.15) is 0 Å². The number of piperazine rings is 1. The first kappa shape index (κ1) is 23.0. The van der Waals surface area contributed by atoms with Crippen LogP contribution in [0.3, 0.4) is 0 Å². The number of carbonyl (C=O) groups excluding carboxylic acids is 1. The lowest BCUT2D eigenvalue weighted by Gasteiger charge is -2.38. The molecule has 1 amide bonds. The van der Waals surface area contributed by atoms with E-state index in [1.54, 1.807) is 12.1 Å². The zero-order valence-corrected chi connectivity index (χ0v) is 19.6. The fraction of sp³-hybridized carbons (Fsp3) is 0.458. The molecule has 33 heavy (non-hydrogen) atoms. The lowest BCUT2D eigenvalue weighted by molar-refractivity contribution is 0.0885. The van der Waals surface area contributed by atoms with Crippen molar-refractivity contribution in [3.8, 4) is 28.7 Å². The quantitative estimate of drug-likeness (QED) is 0.646. The highest BCUT2D eigenvalue weighted by Crippen LogP contribution is 2.38. The lowest BCUT2D eigenvalue weighted by atomic mass is 10.0. The smallest absolute Gasteiger partial charge is 0.251 e. The second kappa shape index (κ2) is 10.2. The number of ether oxygens (including phenoxy) is 5. The summed E-state index contributed by atoms with van der Waals surface area (Å²) < 4.78 is 27.2. The highest BCUT2D eigenvalue weighted by molar-refractivity contribution is 5.95. The van der Waals surface area contributed by atoms with Gasteiger partial charge in [0.25, 0.3) is 5.91 Å². The fourth-order valence-electron chi connectivity index (χ4n) is 4.22. The number of likely N-dealkylation sites (N-methyl/N-ethyl adjacent to an activating group) is 1. The predicted octanol–water partition coefficient (Wildman–Crippen LogP) is 2.16. The maximum Gasteiger partial charge on any atom is 0.251 e. The molecule has 9 nitrogen and oxygen atoms in total. The molecule has 1 saturated heterocycles. The lowest BCUT2D eigenvalue weighted by Crippen LogP contribution is -2.48. The van der Waals surface area contributed by atoms with Crippen molar-refractivity contribution >= 4 is 5.91 Å². The summed E-state index contributed by atoms with van der Waals surface area (Å²) in [5.41, 5.74) is 1.52. The van der Waals surface area contributed by atoms with Gasteiger partial charge in [-0.05, 0) is 36.9 Å². The summed E-state index contributed by atoms with van der Waals surface area (Å²) in [5.74, 6) is 2.60. The Labute approximate surface area is 194 Å². The Hall–Kier alpha value is -3.17. The van der Waals surface area contributed by atoms with Crippen LogP contribution >= 0.6 is 0 Å². The van der Waals surface area contributed by atoms with E-state index >= 15 is 0 Å². The average molecular weight is 458 g/mol. The molecule has 1 N–H and O–H groups in total. The van der Waals surface area contributed by atoms with Gasteiger partial charge in [0.05, 0.1) is 27.4 Å². The third-order valence-corrected chi connectivity index (χ3v) is 6.14. The summed E-state index contributed by atoms with van der Waals surface area (Å²) in [6.07, 6.45) is 0. The molecule has 2 heterocycles. The van der Waals surface area contributed by atoms with Gasteiger partial charge in [0.15, 0.2) is 23.0 Å². The first-order valence-corrected chi connectivity index (χ1v) is 10.9. The van der Waals surface area contributed by atoms with E-state index in [2.05, 4.69) is 22.2 Å². The third kappa shape index (κ3) is 4.94. The van der Waals surface area contributed by atoms with Crippen molar-refractivity contribution in [1.29, 1.82) is 0 Å². The molecule has 0 radical (unpaired) electrons. The number of hydrogen-bond acceptors (Lipinski definition) is 8. The highest BCUT2D eigenvalue weighted by Gasteiger charge is 2.27. The number of benzene rings is 2. The summed E-state index contributed by atoms with van der Waals surface area (Å²) in [5, 5.41) is 3.10. The minimum absolute atomic E-state index is 0.000751. The van der Waals surface area contributed by atoms with Crippen LogP contribution in [-0.2, 0) is 0 Å². The molecular formula is C24H31N3O6. The summed E-state index contributed by atoms with van der Waals surface area (Å²) >= 11 is 0. The van der Waals surface area contributed by atoms with Gasteiger partial charge in [-0.2, -0.15) is 0 Å². The maximum absolute atomic E-state index is 13.1. The van der Waals surface area contributed by atoms with Gasteiger partial charge in [0, 0.05) is 38.3 Å². The van der Waals surface area contributed by atoms with Crippen LogP contribution in [0.2, 0.25) is 0 Å². The molecule has 2 aliphatic heterocycles. The molecule has 0 bridgehead atoms. The normalized spacial score (nSPS) is 16.8. The van der Waals surface area contributed by atoms with E-state index < -0.39 is 0 Å². The second-order valence-corrected chi connectivity index (χ2v) is 8.09. The van der Waals surface area contributed by atoms with Crippen LogP contribution in [0.1, 0.15) is 22.0 Å². The summed E-state index contributed by atoms with van der Waals surface area (Å²) in [6.45, 7) is 4.45. The number of carbonyl (C=O) groups is 1. The van der Waals surface area contributed by atoms with Gasteiger partial charge < -0.3 is 33.9 Å². The molecule has 0 saturated carbocycles. The number of hydrogen-bond donors (Lipinski definition) is 1. The molecule has 178 valence electrons. The topological polar surface area (TPSA) is 81.7 Å². The van der Waals surface area contributed by atoms with Crippen molar-refractivity contribution < 1.29 is 28.5 Å². The van der Waals surface area contributed by atoms with E-state index in [9.17, 15) is 4.79 Å². The van der Waals surface area contributed by atoms with E-state index in [4.69, 9.17) is 23.7 Å². The SMILES string of the molecule is COc1cc(C(=O)NC[C@H](c2ccc3c(c2)OCO3)N2CCN(C)CC2)cc(OC)c1OC. The Kier molecular flexibility index (Phi) is 7.10. The van der Waals surface area contributed by atoms with Gasteiger partial charge in [-0.25, -0.2) is 0 Å². The molecule has 0 aliphatic carbocycles. The summed E-state index contributed by atoms with van der Waals surface area (Å²) in [4.78, 5) is 17.8. The van der Waals surface area contributed by atoms with Gasteiger partial charge in [-0.1, -0.05) is 6.07 Å². The summed E-state index contributed by atoms with van der Waals surface area (Å²) in [6, 6.07) is 9.30. The number of fused-ring (bicyclic) bond motifs is 1. The zero-order chi connectivity index (χ0) is 23.4. The van der Waals surface area contributed by atoms with Crippen molar-refractivity contribution in [1.82, 2.24) is 15.1 Å². The molecule has 2 aromatic carbocycles.